The largest absolute Gasteiger partial charge is 0.275 e. The van der Waals surface area contributed by atoms with Gasteiger partial charge in [-0.2, -0.15) is 0 Å². The van der Waals surface area contributed by atoms with E-state index >= 15 is 0 Å². The van der Waals surface area contributed by atoms with Crippen LogP contribution in [0.15, 0.2) is 40.3 Å². The zero-order chi connectivity index (χ0) is 15.6. The molecule has 1 heterocycles. The maximum Gasteiger partial charge on any atom is 0.171 e. The molecule has 118 valence electrons. The lowest BCUT2D eigenvalue weighted by Crippen LogP contribution is -2.44. The molecule has 0 radical (unpaired) electrons. The van der Waals surface area contributed by atoms with Gasteiger partial charge in [-0.1, -0.05) is 43.2 Å². The average molecular weight is 299 g/mol. The first-order valence-electron chi connectivity index (χ1n) is 8.18. The Labute approximate surface area is 132 Å². The van der Waals surface area contributed by atoms with E-state index in [1.165, 1.54) is 12.8 Å². The van der Waals surface area contributed by atoms with Gasteiger partial charge in [0.15, 0.2) is 5.84 Å². The molecule has 4 heteroatoms. The fourth-order valence-corrected chi connectivity index (χ4v) is 2.93. The first-order valence-corrected chi connectivity index (χ1v) is 8.18. The van der Waals surface area contributed by atoms with Gasteiger partial charge < -0.3 is 0 Å². The Hall–Kier alpha value is -1.68. The van der Waals surface area contributed by atoms with Crippen molar-refractivity contribution in [2.45, 2.75) is 64.1 Å². The Bertz CT molecular complexity index is 572. The van der Waals surface area contributed by atoms with E-state index in [-0.39, 0.29) is 5.60 Å². The number of fused-ring (bicyclic) bond motifs is 1. The predicted molar refractivity (Wildman–Crippen MR) is 90.4 cm³/mol. The molecule has 1 aromatic rings. The molecule has 0 amide bonds. The molecule has 0 unspecified atom stereocenters. The zero-order valence-corrected chi connectivity index (χ0v) is 13.7. The van der Waals surface area contributed by atoms with Gasteiger partial charge in [0, 0.05) is 5.56 Å². The molecule has 1 aromatic carbocycles. The highest BCUT2D eigenvalue weighted by atomic mass is 16.7. The molecule has 1 aliphatic carbocycles. The Morgan fingerprint density at radius 1 is 1.00 bits per heavy atom. The number of hydroxylamine groups is 1. The third-order valence-electron chi connectivity index (χ3n) is 4.01. The van der Waals surface area contributed by atoms with Gasteiger partial charge in [0.1, 0.15) is 5.71 Å². The van der Waals surface area contributed by atoms with Crippen molar-refractivity contribution in [1.82, 2.24) is 5.48 Å². The Kier molecular flexibility index (Phi) is 4.30. The van der Waals surface area contributed by atoms with Crippen LogP contribution in [0.25, 0.3) is 0 Å². The summed E-state index contributed by atoms with van der Waals surface area (Å²) in [4.78, 5) is 15.7. The molecule has 22 heavy (non-hydrogen) atoms. The lowest BCUT2D eigenvalue weighted by atomic mass is 9.89. The Morgan fingerprint density at radius 2 is 1.64 bits per heavy atom. The summed E-state index contributed by atoms with van der Waals surface area (Å²) in [5.41, 5.74) is 4.81. The van der Waals surface area contributed by atoms with Gasteiger partial charge in [-0.25, -0.2) is 5.48 Å². The molecule has 0 saturated heterocycles. The number of aliphatic imine (C=N–C) groups is 2. The second kappa shape index (κ2) is 6.21. The highest BCUT2D eigenvalue weighted by Crippen LogP contribution is 2.27. The third kappa shape index (κ3) is 3.55. The predicted octanol–water partition coefficient (Wildman–Crippen LogP) is 3.52. The number of hydrogen-bond acceptors (Lipinski definition) is 4. The van der Waals surface area contributed by atoms with E-state index in [0.29, 0.717) is 12.1 Å². The van der Waals surface area contributed by atoms with Gasteiger partial charge in [0.05, 0.1) is 17.7 Å². The van der Waals surface area contributed by atoms with E-state index in [9.17, 15) is 0 Å². The van der Waals surface area contributed by atoms with Crippen molar-refractivity contribution in [1.29, 1.82) is 0 Å². The van der Waals surface area contributed by atoms with Crippen LogP contribution in [0.5, 0.6) is 0 Å². The highest BCUT2D eigenvalue weighted by Gasteiger charge is 2.31. The Morgan fingerprint density at radius 3 is 2.27 bits per heavy atom. The second-order valence-electron chi connectivity index (χ2n) is 7.06. The van der Waals surface area contributed by atoms with Crippen molar-refractivity contribution in [3.05, 3.63) is 35.9 Å². The summed E-state index contributed by atoms with van der Waals surface area (Å²) in [7, 11) is 0. The summed E-state index contributed by atoms with van der Waals surface area (Å²) in [5.74, 6) is 0.768. The van der Waals surface area contributed by atoms with E-state index in [2.05, 4.69) is 17.6 Å². The number of nitrogens with one attached hydrogen (secondary N) is 1. The third-order valence-corrected chi connectivity index (χ3v) is 4.01. The van der Waals surface area contributed by atoms with Crippen LogP contribution in [-0.4, -0.2) is 29.2 Å². The second-order valence-corrected chi connectivity index (χ2v) is 7.06. The van der Waals surface area contributed by atoms with E-state index in [1.54, 1.807) is 0 Å². The van der Waals surface area contributed by atoms with E-state index < -0.39 is 0 Å². The smallest absolute Gasteiger partial charge is 0.171 e. The van der Waals surface area contributed by atoms with Gasteiger partial charge in [-0.05, 0) is 33.6 Å². The highest BCUT2D eigenvalue weighted by molar-refractivity contribution is 6.47. The van der Waals surface area contributed by atoms with Crippen LogP contribution >= 0.6 is 0 Å². The summed E-state index contributed by atoms with van der Waals surface area (Å²) in [6.07, 6.45) is 4.76. The quantitative estimate of drug-likeness (QED) is 0.849. The molecule has 1 N–H and O–H groups in total. The number of rotatable bonds is 2. The summed E-state index contributed by atoms with van der Waals surface area (Å²) < 4.78 is 0. The van der Waals surface area contributed by atoms with Crippen molar-refractivity contribution < 1.29 is 4.84 Å². The summed E-state index contributed by atoms with van der Waals surface area (Å²) in [5, 5.41) is 0. The monoisotopic (exact) mass is 299 g/mol. The maximum atomic E-state index is 5.74. The molecule has 1 aliphatic heterocycles. The molecule has 4 nitrogen and oxygen atoms in total. The zero-order valence-electron chi connectivity index (χ0n) is 13.7. The van der Waals surface area contributed by atoms with E-state index in [4.69, 9.17) is 14.8 Å². The lowest BCUT2D eigenvalue weighted by Gasteiger charge is -2.32. The van der Waals surface area contributed by atoms with E-state index in [0.717, 1.165) is 30.0 Å². The molecule has 1 saturated carbocycles. The van der Waals surface area contributed by atoms with Gasteiger partial charge in [0.2, 0.25) is 0 Å². The number of amidine groups is 1. The number of nitrogens with zero attached hydrogens (tertiary/aromatic N) is 2. The summed E-state index contributed by atoms with van der Waals surface area (Å²) in [6.45, 7) is 6.06. The molecule has 0 spiro atoms. The van der Waals surface area contributed by atoms with Crippen LogP contribution in [0.1, 0.15) is 52.0 Å². The molecule has 2 aliphatic rings. The topological polar surface area (TPSA) is 46.0 Å². The van der Waals surface area contributed by atoms with Crippen LogP contribution in [0, 0.1) is 0 Å². The fourth-order valence-electron chi connectivity index (χ4n) is 2.93. The van der Waals surface area contributed by atoms with Crippen LogP contribution < -0.4 is 5.48 Å². The normalized spacial score (nSPS) is 25.0. The Balaban J connectivity index is 1.88. The van der Waals surface area contributed by atoms with Gasteiger partial charge in [-0.3, -0.25) is 14.8 Å². The van der Waals surface area contributed by atoms with Crippen molar-refractivity contribution in [3.8, 4) is 0 Å². The molecule has 2 atom stereocenters. The summed E-state index contributed by atoms with van der Waals surface area (Å²) in [6, 6.07) is 10.9. The van der Waals surface area contributed by atoms with Crippen LogP contribution in [0.2, 0.25) is 0 Å². The van der Waals surface area contributed by atoms with Crippen LogP contribution in [-0.2, 0) is 4.84 Å². The van der Waals surface area contributed by atoms with Crippen molar-refractivity contribution in [3.63, 3.8) is 0 Å². The van der Waals surface area contributed by atoms with Crippen LogP contribution in [0.4, 0.5) is 0 Å². The summed E-state index contributed by atoms with van der Waals surface area (Å²) >= 11 is 0. The molecule has 0 bridgehead atoms. The molecule has 1 fully saturated rings. The van der Waals surface area contributed by atoms with Gasteiger partial charge in [-0.15, -0.1) is 0 Å². The maximum absolute atomic E-state index is 5.74. The van der Waals surface area contributed by atoms with Crippen molar-refractivity contribution in [2.24, 2.45) is 9.98 Å². The average Bonchev–Trinajstić information content (AvgIpc) is 2.52. The lowest BCUT2D eigenvalue weighted by molar-refractivity contribution is -0.0418. The van der Waals surface area contributed by atoms with Gasteiger partial charge >= 0.3 is 0 Å². The minimum Gasteiger partial charge on any atom is -0.275 e. The first kappa shape index (κ1) is 15.2. The number of benzene rings is 1. The first-order chi connectivity index (χ1) is 10.5. The minimum absolute atomic E-state index is 0.270. The standard InChI is InChI=1S/C18H25N3O/c1-18(2,3)22-21-17-16(13-9-5-4-6-10-13)19-14-11-7-8-12-15(14)20-17/h4-6,9-10,14-15H,7-8,11-12H2,1-3H3,(H,20,21)/t14-,15-/m1/s1. The molecule has 0 aromatic heterocycles. The minimum atomic E-state index is -0.270. The molecule has 3 rings (SSSR count). The van der Waals surface area contributed by atoms with E-state index in [1.807, 2.05) is 39.0 Å². The molecular weight excluding hydrogens is 274 g/mol. The SMILES string of the molecule is CC(C)(C)ONC1=N[C@@H]2CCCC[C@H]2N=C1c1ccccc1. The van der Waals surface area contributed by atoms with Crippen molar-refractivity contribution in [2.75, 3.05) is 0 Å². The number of hydrogen-bond donors (Lipinski definition) is 1. The van der Waals surface area contributed by atoms with Crippen LogP contribution in [0.3, 0.4) is 0 Å². The van der Waals surface area contributed by atoms with Crippen molar-refractivity contribution >= 4 is 11.5 Å². The molecular formula is C18H25N3O. The fraction of sp³-hybridized carbons (Fsp3) is 0.556. The van der Waals surface area contributed by atoms with Gasteiger partial charge in [0.25, 0.3) is 0 Å².